The van der Waals surface area contributed by atoms with Crippen LogP contribution in [0.1, 0.15) is 48.9 Å². The molecule has 7 nitrogen and oxygen atoms in total. The number of fused-ring (bicyclic) bond motifs is 1. The quantitative estimate of drug-likeness (QED) is 0.821. The van der Waals surface area contributed by atoms with E-state index in [0.717, 1.165) is 25.7 Å². The number of piperidine rings is 1. The fourth-order valence-corrected chi connectivity index (χ4v) is 5.00. The van der Waals surface area contributed by atoms with Crippen molar-refractivity contribution in [3.63, 3.8) is 0 Å². The molecule has 0 bridgehead atoms. The predicted octanol–water partition coefficient (Wildman–Crippen LogP) is 1.80. The first-order chi connectivity index (χ1) is 13.9. The molecule has 1 aliphatic carbocycles. The summed E-state index contributed by atoms with van der Waals surface area (Å²) in [4.78, 5) is 40.6. The first kappa shape index (κ1) is 19.7. The second-order valence-electron chi connectivity index (χ2n) is 8.72. The lowest BCUT2D eigenvalue weighted by molar-refractivity contribution is -0.141. The molecule has 2 heterocycles. The van der Waals surface area contributed by atoms with Crippen molar-refractivity contribution in [2.24, 2.45) is 17.6 Å². The van der Waals surface area contributed by atoms with Crippen LogP contribution in [0.3, 0.4) is 0 Å². The van der Waals surface area contributed by atoms with Crippen molar-refractivity contribution >= 4 is 17.7 Å². The molecule has 1 spiro atoms. The van der Waals surface area contributed by atoms with Crippen LogP contribution in [0, 0.1) is 11.8 Å². The zero-order valence-electron chi connectivity index (χ0n) is 16.9. The number of ether oxygens (including phenoxy) is 1. The van der Waals surface area contributed by atoms with E-state index in [1.807, 2.05) is 30.1 Å². The number of carbonyl (C=O) groups excluding carboxylic acids is 3. The van der Waals surface area contributed by atoms with Gasteiger partial charge in [-0.25, -0.2) is 0 Å². The lowest BCUT2D eigenvalue weighted by Crippen LogP contribution is -2.51. The Bertz CT molecular complexity index is 808. The molecule has 3 amide bonds. The van der Waals surface area contributed by atoms with Gasteiger partial charge in [0.2, 0.25) is 11.8 Å². The van der Waals surface area contributed by atoms with Crippen molar-refractivity contribution in [3.05, 3.63) is 29.8 Å². The second-order valence-corrected chi connectivity index (χ2v) is 8.72. The summed E-state index contributed by atoms with van der Waals surface area (Å²) in [5, 5.41) is 0. The maximum absolute atomic E-state index is 13.0. The molecule has 1 aromatic rings. The van der Waals surface area contributed by atoms with Crippen LogP contribution in [0.25, 0.3) is 0 Å². The largest absolute Gasteiger partial charge is 0.485 e. The van der Waals surface area contributed by atoms with Gasteiger partial charge in [0, 0.05) is 32.0 Å². The Labute approximate surface area is 171 Å². The molecule has 1 saturated carbocycles. The number of carbonyl (C=O) groups is 3. The van der Waals surface area contributed by atoms with E-state index in [1.54, 1.807) is 11.0 Å². The number of rotatable bonds is 2. The molecule has 0 atom stereocenters. The fraction of sp³-hybridized carbons (Fsp3) is 0.591. The number of primary amides is 1. The van der Waals surface area contributed by atoms with Gasteiger partial charge in [-0.15, -0.1) is 0 Å². The lowest BCUT2D eigenvalue weighted by Gasteiger charge is -2.42. The Morgan fingerprint density at radius 1 is 1.07 bits per heavy atom. The number of benzene rings is 1. The average Bonchev–Trinajstić information content (AvgIpc) is 2.83. The number of nitrogens with zero attached hydrogens (tertiary/aromatic N) is 2. The predicted molar refractivity (Wildman–Crippen MR) is 107 cm³/mol. The number of para-hydroxylation sites is 1. The van der Waals surface area contributed by atoms with Crippen LogP contribution in [0.5, 0.6) is 5.75 Å². The summed E-state index contributed by atoms with van der Waals surface area (Å²) in [5.41, 5.74) is 5.56. The zero-order valence-corrected chi connectivity index (χ0v) is 16.9. The molecule has 1 aromatic carbocycles. The molecule has 29 heavy (non-hydrogen) atoms. The fourth-order valence-electron chi connectivity index (χ4n) is 5.00. The minimum atomic E-state index is -0.438. The van der Waals surface area contributed by atoms with Crippen LogP contribution >= 0.6 is 0 Å². The third-order valence-electron chi connectivity index (χ3n) is 6.77. The van der Waals surface area contributed by atoms with Crippen molar-refractivity contribution in [1.82, 2.24) is 9.80 Å². The summed E-state index contributed by atoms with van der Waals surface area (Å²) in [6.45, 7) is 1.75. The number of amides is 3. The first-order valence-electron chi connectivity index (χ1n) is 10.5. The number of likely N-dealkylation sites (tertiary alicyclic amines) is 1. The summed E-state index contributed by atoms with van der Waals surface area (Å²) in [7, 11) is 1.82. The molecular weight excluding hydrogens is 370 g/mol. The highest BCUT2D eigenvalue weighted by Crippen LogP contribution is 2.40. The maximum Gasteiger partial charge on any atom is 0.257 e. The maximum atomic E-state index is 13.0. The highest BCUT2D eigenvalue weighted by Gasteiger charge is 2.44. The van der Waals surface area contributed by atoms with Crippen molar-refractivity contribution < 1.29 is 19.1 Å². The van der Waals surface area contributed by atoms with Gasteiger partial charge in [-0.2, -0.15) is 0 Å². The van der Waals surface area contributed by atoms with Crippen LogP contribution in [-0.2, 0) is 9.59 Å². The molecule has 2 fully saturated rings. The molecule has 0 aromatic heterocycles. The monoisotopic (exact) mass is 399 g/mol. The Kier molecular flexibility index (Phi) is 5.23. The van der Waals surface area contributed by atoms with Crippen molar-refractivity contribution in [2.75, 3.05) is 26.7 Å². The Balaban J connectivity index is 1.41. The van der Waals surface area contributed by atoms with Crippen molar-refractivity contribution in [1.29, 1.82) is 0 Å². The Morgan fingerprint density at radius 2 is 1.72 bits per heavy atom. The minimum absolute atomic E-state index is 0.0196. The van der Waals surface area contributed by atoms with E-state index >= 15 is 0 Å². The van der Waals surface area contributed by atoms with Crippen LogP contribution < -0.4 is 10.5 Å². The van der Waals surface area contributed by atoms with Gasteiger partial charge in [0.05, 0.1) is 12.1 Å². The highest BCUT2D eigenvalue weighted by molar-refractivity contribution is 5.97. The standard InChI is InChI=1S/C22H29N3O4/c1-24-14-22(29-18-5-3-2-4-17(18)21(24)28)10-6-16(7-11-22)20(27)25-12-8-15(9-13-25)19(23)26/h2-5,15-16H,6-14H2,1H3,(H2,23,26). The van der Waals surface area contributed by atoms with Gasteiger partial charge >= 0.3 is 0 Å². The molecular formula is C22H29N3O4. The van der Waals surface area contributed by atoms with Crippen LogP contribution in [0.15, 0.2) is 24.3 Å². The summed E-state index contributed by atoms with van der Waals surface area (Å²) >= 11 is 0. The van der Waals surface area contributed by atoms with Gasteiger partial charge < -0.3 is 20.3 Å². The number of hydrogen-bond donors (Lipinski definition) is 1. The molecule has 4 rings (SSSR count). The third-order valence-corrected chi connectivity index (χ3v) is 6.77. The molecule has 2 aliphatic heterocycles. The van der Waals surface area contributed by atoms with Crippen LogP contribution in [0.2, 0.25) is 0 Å². The third kappa shape index (κ3) is 3.82. The average molecular weight is 399 g/mol. The number of nitrogens with two attached hydrogens (primary N) is 1. The van der Waals surface area contributed by atoms with Crippen LogP contribution in [0.4, 0.5) is 0 Å². The topological polar surface area (TPSA) is 92.9 Å². The highest BCUT2D eigenvalue weighted by atomic mass is 16.5. The van der Waals surface area contributed by atoms with E-state index in [9.17, 15) is 14.4 Å². The minimum Gasteiger partial charge on any atom is -0.485 e. The van der Waals surface area contributed by atoms with Gasteiger partial charge in [0.1, 0.15) is 11.4 Å². The normalized spacial score (nSPS) is 27.9. The van der Waals surface area contributed by atoms with Gasteiger partial charge in [0.15, 0.2) is 0 Å². The second kappa shape index (κ2) is 7.69. The van der Waals surface area contributed by atoms with E-state index in [0.29, 0.717) is 43.8 Å². The Morgan fingerprint density at radius 3 is 2.38 bits per heavy atom. The molecule has 0 unspecified atom stereocenters. The first-order valence-corrected chi connectivity index (χ1v) is 10.5. The van der Waals surface area contributed by atoms with E-state index in [-0.39, 0.29) is 29.6 Å². The van der Waals surface area contributed by atoms with Crippen molar-refractivity contribution in [3.8, 4) is 5.75 Å². The van der Waals surface area contributed by atoms with Gasteiger partial charge in [-0.05, 0) is 50.7 Å². The molecule has 156 valence electrons. The summed E-state index contributed by atoms with van der Waals surface area (Å²) in [6.07, 6.45) is 4.30. The summed E-state index contributed by atoms with van der Waals surface area (Å²) in [6, 6.07) is 7.39. The van der Waals surface area contributed by atoms with E-state index in [1.165, 1.54) is 0 Å². The number of hydrogen-bond acceptors (Lipinski definition) is 4. The molecule has 7 heteroatoms. The number of likely N-dealkylation sites (N-methyl/N-ethyl adjacent to an activating group) is 1. The van der Waals surface area contributed by atoms with Crippen LogP contribution in [-0.4, -0.2) is 59.8 Å². The zero-order chi connectivity index (χ0) is 20.6. The van der Waals surface area contributed by atoms with E-state index < -0.39 is 5.60 Å². The molecule has 3 aliphatic rings. The Hall–Kier alpha value is -2.57. The molecule has 1 saturated heterocycles. The van der Waals surface area contributed by atoms with E-state index in [4.69, 9.17) is 10.5 Å². The summed E-state index contributed by atoms with van der Waals surface area (Å²) in [5.74, 6) is 0.408. The smallest absolute Gasteiger partial charge is 0.257 e. The van der Waals surface area contributed by atoms with Gasteiger partial charge in [0.25, 0.3) is 5.91 Å². The van der Waals surface area contributed by atoms with Gasteiger partial charge in [-0.1, -0.05) is 12.1 Å². The van der Waals surface area contributed by atoms with E-state index in [2.05, 4.69) is 0 Å². The molecule has 2 N–H and O–H groups in total. The van der Waals surface area contributed by atoms with Gasteiger partial charge in [-0.3, -0.25) is 14.4 Å². The SMILES string of the molecule is CN1CC2(CCC(C(=O)N3CCC(C(N)=O)CC3)CC2)Oc2ccccc2C1=O. The molecule has 0 radical (unpaired) electrons. The summed E-state index contributed by atoms with van der Waals surface area (Å²) < 4.78 is 6.40. The van der Waals surface area contributed by atoms with Crippen molar-refractivity contribution in [2.45, 2.75) is 44.1 Å². The lowest BCUT2D eigenvalue weighted by atomic mass is 9.77.